The number of hydrogen-bond acceptors (Lipinski definition) is 3. The molecule has 3 nitrogen and oxygen atoms in total. The van der Waals surface area contributed by atoms with Crippen molar-refractivity contribution in [2.24, 2.45) is 4.99 Å². The van der Waals surface area contributed by atoms with E-state index in [0.29, 0.717) is 0 Å². The standard InChI is InChI=1S/C7H2Cl2N2OS/c8-4-1-2-10-6(9)5(4)7(12)11-3-13/h1-2H. The minimum atomic E-state index is -0.641. The lowest BCUT2D eigenvalue weighted by Gasteiger charge is -1.98. The minimum absolute atomic E-state index is 0.00602. The Kier molecular flexibility index (Phi) is 3.51. The van der Waals surface area contributed by atoms with Crippen molar-refractivity contribution in [1.29, 1.82) is 0 Å². The number of isothiocyanates is 1. The summed E-state index contributed by atoms with van der Waals surface area (Å²) in [5, 5.41) is 2.13. The highest BCUT2D eigenvalue weighted by atomic mass is 35.5. The van der Waals surface area contributed by atoms with Crippen molar-refractivity contribution in [3.8, 4) is 0 Å². The van der Waals surface area contributed by atoms with E-state index in [1.165, 1.54) is 12.3 Å². The summed E-state index contributed by atoms with van der Waals surface area (Å²) < 4.78 is 0. The van der Waals surface area contributed by atoms with Crippen LogP contribution in [0.2, 0.25) is 10.2 Å². The highest BCUT2D eigenvalue weighted by Crippen LogP contribution is 2.22. The van der Waals surface area contributed by atoms with E-state index in [2.05, 4.69) is 22.2 Å². The number of pyridine rings is 1. The summed E-state index contributed by atoms with van der Waals surface area (Å²) in [6.45, 7) is 0. The van der Waals surface area contributed by atoms with Crippen molar-refractivity contribution in [2.75, 3.05) is 0 Å². The molecule has 0 fully saturated rings. The first-order chi connectivity index (χ1) is 6.16. The molecule has 0 unspecified atom stereocenters. The molecular weight excluding hydrogens is 231 g/mol. The quantitative estimate of drug-likeness (QED) is 0.425. The van der Waals surface area contributed by atoms with Crippen molar-refractivity contribution in [3.05, 3.63) is 28.0 Å². The predicted octanol–water partition coefficient (Wildman–Crippen LogP) is 2.63. The molecule has 0 saturated carbocycles. The van der Waals surface area contributed by atoms with Gasteiger partial charge in [0.2, 0.25) is 0 Å². The van der Waals surface area contributed by atoms with Gasteiger partial charge in [-0.25, -0.2) is 4.98 Å². The fraction of sp³-hybridized carbons (Fsp3) is 0. The maximum Gasteiger partial charge on any atom is 0.290 e. The van der Waals surface area contributed by atoms with Crippen LogP contribution in [-0.4, -0.2) is 16.1 Å². The highest BCUT2D eigenvalue weighted by Gasteiger charge is 2.14. The van der Waals surface area contributed by atoms with Crippen LogP contribution in [-0.2, 0) is 0 Å². The zero-order valence-corrected chi connectivity index (χ0v) is 8.45. The van der Waals surface area contributed by atoms with Crippen LogP contribution in [0.1, 0.15) is 10.4 Å². The van der Waals surface area contributed by atoms with Crippen LogP contribution in [0.25, 0.3) is 0 Å². The van der Waals surface area contributed by atoms with Crippen molar-refractivity contribution in [1.82, 2.24) is 4.98 Å². The smallest absolute Gasteiger partial charge is 0.266 e. The largest absolute Gasteiger partial charge is 0.290 e. The summed E-state index contributed by atoms with van der Waals surface area (Å²) in [5.41, 5.74) is 0.0446. The monoisotopic (exact) mass is 232 g/mol. The van der Waals surface area contributed by atoms with Gasteiger partial charge in [-0.05, 0) is 18.3 Å². The first-order valence-corrected chi connectivity index (χ1v) is 4.25. The zero-order chi connectivity index (χ0) is 9.84. The Bertz CT molecular complexity index is 381. The number of rotatable bonds is 1. The van der Waals surface area contributed by atoms with Gasteiger partial charge in [-0.3, -0.25) is 4.79 Å². The lowest BCUT2D eigenvalue weighted by atomic mass is 10.3. The molecule has 1 amide bonds. The molecule has 13 heavy (non-hydrogen) atoms. The Labute approximate surface area is 89.4 Å². The number of halogens is 2. The van der Waals surface area contributed by atoms with Gasteiger partial charge in [0.25, 0.3) is 5.91 Å². The van der Waals surface area contributed by atoms with E-state index in [0.717, 1.165) is 0 Å². The van der Waals surface area contributed by atoms with Crippen LogP contribution in [0, 0.1) is 0 Å². The average Bonchev–Trinajstić information content (AvgIpc) is 2.04. The molecular formula is C7H2Cl2N2OS. The predicted molar refractivity (Wildman–Crippen MR) is 53.6 cm³/mol. The minimum Gasteiger partial charge on any atom is -0.266 e. The van der Waals surface area contributed by atoms with E-state index < -0.39 is 5.91 Å². The van der Waals surface area contributed by atoms with Crippen molar-refractivity contribution < 1.29 is 4.79 Å². The molecule has 0 atom stereocenters. The highest BCUT2D eigenvalue weighted by molar-refractivity contribution is 7.78. The molecule has 66 valence electrons. The number of amides is 1. The van der Waals surface area contributed by atoms with Crippen LogP contribution in [0.15, 0.2) is 17.3 Å². The second-order valence-electron chi connectivity index (χ2n) is 1.97. The Morgan fingerprint density at radius 1 is 1.62 bits per heavy atom. The van der Waals surface area contributed by atoms with Gasteiger partial charge >= 0.3 is 0 Å². The lowest BCUT2D eigenvalue weighted by Crippen LogP contribution is -1.98. The van der Waals surface area contributed by atoms with Crippen LogP contribution in [0.5, 0.6) is 0 Å². The second kappa shape index (κ2) is 4.44. The fourth-order valence-electron chi connectivity index (χ4n) is 0.702. The van der Waals surface area contributed by atoms with Crippen LogP contribution >= 0.6 is 35.4 Å². The van der Waals surface area contributed by atoms with E-state index in [9.17, 15) is 4.79 Å². The summed E-state index contributed by atoms with van der Waals surface area (Å²) >= 11 is 15.6. The van der Waals surface area contributed by atoms with Gasteiger partial charge in [0.05, 0.1) is 15.7 Å². The van der Waals surface area contributed by atoms with E-state index in [4.69, 9.17) is 23.2 Å². The summed E-state index contributed by atoms with van der Waals surface area (Å²) in [6, 6.07) is 1.44. The zero-order valence-electron chi connectivity index (χ0n) is 6.12. The maximum absolute atomic E-state index is 11.2. The Morgan fingerprint density at radius 3 is 2.85 bits per heavy atom. The third kappa shape index (κ3) is 2.32. The number of aromatic nitrogens is 1. The molecule has 0 bridgehead atoms. The number of thiocarbonyl (C=S) groups is 1. The maximum atomic E-state index is 11.2. The first-order valence-electron chi connectivity index (χ1n) is 3.09. The molecule has 1 rings (SSSR count). The van der Waals surface area contributed by atoms with Gasteiger partial charge < -0.3 is 0 Å². The second-order valence-corrected chi connectivity index (χ2v) is 2.91. The number of hydrogen-bond donors (Lipinski definition) is 0. The Balaban J connectivity index is 3.27. The molecule has 0 aliphatic rings. The SMILES string of the molecule is O=C(N=C=S)c1c(Cl)ccnc1Cl. The van der Waals surface area contributed by atoms with Gasteiger partial charge in [-0.2, -0.15) is 4.99 Å². The van der Waals surface area contributed by atoms with Gasteiger partial charge in [-0.15, -0.1) is 0 Å². The normalized spacial score (nSPS) is 9.08. The number of nitrogens with zero attached hydrogens (tertiary/aromatic N) is 2. The van der Waals surface area contributed by atoms with Crippen molar-refractivity contribution in [2.45, 2.75) is 0 Å². The molecule has 0 saturated heterocycles. The Hall–Kier alpha value is -0.800. The van der Waals surface area contributed by atoms with Crippen molar-refractivity contribution >= 4 is 46.5 Å². The van der Waals surface area contributed by atoms with Crippen LogP contribution in [0.3, 0.4) is 0 Å². The van der Waals surface area contributed by atoms with E-state index in [1.54, 1.807) is 0 Å². The van der Waals surface area contributed by atoms with Crippen LogP contribution in [0.4, 0.5) is 0 Å². The van der Waals surface area contributed by atoms with Gasteiger partial charge in [-0.1, -0.05) is 23.2 Å². The van der Waals surface area contributed by atoms with Crippen molar-refractivity contribution in [3.63, 3.8) is 0 Å². The summed E-state index contributed by atoms with van der Waals surface area (Å²) in [4.78, 5) is 18.1. The van der Waals surface area contributed by atoms with Gasteiger partial charge in [0.15, 0.2) is 0 Å². The number of aliphatic imine (C=N–C) groups is 1. The molecule has 0 spiro atoms. The summed E-state index contributed by atoms with van der Waals surface area (Å²) in [5.74, 6) is -0.641. The average molecular weight is 233 g/mol. The lowest BCUT2D eigenvalue weighted by molar-refractivity contribution is 0.100. The molecule has 0 aromatic carbocycles. The molecule has 1 aromatic heterocycles. The van der Waals surface area contributed by atoms with E-state index in [1.807, 2.05) is 5.16 Å². The number of carbonyl (C=O) groups excluding carboxylic acids is 1. The summed E-state index contributed by atoms with van der Waals surface area (Å²) in [7, 11) is 0. The van der Waals surface area contributed by atoms with Gasteiger partial charge in [0.1, 0.15) is 5.15 Å². The summed E-state index contributed by atoms with van der Waals surface area (Å²) in [6.07, 6.45) is 1.39. The van der Waals surface area contributed by atoms with Gasteiger partial charge in [0, 0.05) is 6.20 Å². The molecule has 0 radical (unpaired) electrons. The molecule has 0 aliphatic heterocycles. The molecule has 0 aliphatic carbocycles. The first kappa shape index (κ1) is 10.3. The van der Waals surface area contributed by atoms with E-state index in [-0.39, 0.29) is 15.7 Å². The van der Waals surface area contributed by atoms with Crippen LogP contribution < -0.4 is 0 Å². The fourth-order valence-corrected chi connectivity index (χ4v) is 1.30. The van der Waals surface area contributed by atoms with E-state index >= 15 is 0 Å². The number of carbonyl (C=O) groups is 1. The molecule has 1 aromatic rings. The Morgan fingerprint density at radius 2 is 2.31 bits per heavy atom. The third-order valence-corrected chi connectivity index (χ3v) is 1.91. The topological polar surface area (TPSA) is 42.3 Å². The molecule has 1 heterocycles. The molecule has 0 N–H and O–H groups in total. The third-order valence-electron chi connectivity index (χ3n) is 1.21. The molecule has 6 heteroatoms.